The van der Waals surface area contributed by atoms with Crippen LogP contribution >= 0.6 is 0 Å². The van der Waals surface area contributed by atoms with Gasteiger partial charge in [-0.2, -0.15) is 0 Å². The topological polar surface area (TPSA) is 59.3 Å². The Balaban J connectivity index is 2.88. The predicted octanol–water partition coefficient (Wildman–Crippen LogP) is 1.59. The van der Waals surface area contributed by atoms with Gasteiger partial charge < -0.3 is 9.67 Å². The van der Waals surface area contributed by atoms with Crippen LogP contribution in [0.3, 0.4) is 0 Å². The lowest BCUT2D eigenvalue weighted by Crippen LogP contribution is -2.16. The number of aromatic nitrogens is 1. The van der Waals surface area contributed by atoms with E-state index in [-0.39, 0.29) is 5.56 Å². The lowest BCUT2D eigenvalue weighted by Gasteiger charge is -2.08. The van der Waals surface area contributed by atoms with Crippen LogP contribution in [-0.2, 0) is 6.54 Å². The molecule has 0 fully saturated rings. The number of carboxylic acid groups (broad SMARTS) is 1. The van der Waals surface area contributed by atoms with Crippen LogP contribution in [0, 0.1) is 5.92 Å². The standard InChI is InChI=1S/C11H15NO3/c1-8(2)3-5-12-6-4-10(13)9(7-12)11(14)15/h4,6-8H,3,5H2,1-2H3,(H,14,15). The summed E-state index contributed by atoms with van der Waals surface area (Å²) >= 11 is 0. The zero-order chi connectivity index (χ0) is 11.4. The number of hydrogen-bond donors (Lipinski definition) is 1. The number of carbonyl (C=O) groups is 1. The summed E-state index contributed by atoms with van der Waals surface area (Å²) in [5, 5.41) is 8.75. The van der Waals surface area contributed by atoms with Crippen molar-refractivity contribution in [3.8, 4) is 0 Å². The fourth-order valence-corrected chi connectivity index (χ4v) is 1.23. The Morgan fingerprint density at radius 2 is 2.20 bits per heavy atom. The summed E-state index contributed by atoms with van der Waals surface area (Å²) in [6.45, 7) is 4.93. The molecule has 4 heteroatoms. The van der Waals surface area contributed by atoms with Gasteiger partial charge in [0.15, 0.2) is 5.43 Å². The van der Waals surface area contributed by atoms with E-state index in [9.17, 15) is 9.59 Å². The number of nitrogens with zero attached hydrogens (tertiary/aromatic N) is 1. The summed E-state index contributed by atoms with van der Waals surface area (Å²) in [4.78, 5) is 21.9. The Labute approximate surface area is 88.2 Å². The molecule has 1 rings (SSSR count). The van der Waals surface area contributed by atoms with Crippen molar-refractivity contribution < 1.29 is 9.90 Å². The number of hydrogen-bond acceptors (Lipinski definition) is 2. The van der Waals surface area contributed by atoms with Gasteiger partial charge in [-0.15, -0.1) is 0 Å². The fraction of sp³-hybridized carbons (Fsp3) is 0.455. The number of pyridine rings is 1. The van der Waals surface area contributed by atoms with Crippen LogP contribution in [0.1, 0.15) is 30.6 Å². The third kappa shape index (κ3) is 3.23. The smallest absolute Gasteiger partial charge is 0.341 e. The van der Waals surface area contributed by atoms with Gasteiger partial charge in [-0.3, -0.25) is 4.79 Å². The van der Waals surface area contributed by atoms with Crippen LogP contribution in [0.2, 0.25) is 0 Å². The van der Waals surface area contributed by atoms with Crippen LogP contribution in [0.5, 0.6) is 0 Å². The van der Waals surface area contributed by atoms with Gasteiger partial charge in [-0.05, 0) is 12.3 Å². The van der Waals surface area contributed by atoms with Crippen molar-refractivity contribution in [3.63, 3.8) is 0 Å². The van der Waals surface area contributed by atoms with Crippen LogP contribution in [0.15, 0.2) is 23.3 Å². The lowest BCUT2D eigenvalue weighted by molar-refractivity contribution is 0.0694. The second-order valence-corrected chi connectivity index (χ2v) is 3.95. The average molecular weight is 209 g/mol. The van der Waals surface area contributed by atoms with E-state index in [0.29, 0.717) is 5.92 Å². The molecule has 0 bridgehead atoms. The molecule has 0 atom stereocenters. The van der Waals surface area contributed by atoms with Gasteiger partial charge in [0.05, 0.1) is 0 Å². The predicted molar refractivity (Wildman–Crippen MR) is 57.1 cm³/mol. The molecule has 0 saturated carbocycles. The van der Waals surface area contributed by atoms with E-state index in [1.807, 2.05) is 0 Å². The fourth-order valence-electron chi connectivity index (χ4n) is 1.23. The van der Waals surface area contributed by atoms with E-state index < -0.39 is 11.4 Å². The molecule has 0 aliphatic heterocycles. The first kappa shape index (κ1) is 11.5. The summed E-state index contributed by atoms with van der Waals surface area (Å²) in [7, 11) is 0. The molecule has 15 heavy (non-hydrogen) atoms. The van der Waals surface area contributed by atoms with Gasteiger partial charge in [0, 0.05) is 25.0 Å². The zero-order valence-corrected chi connectivity index (χ0v) is 8.93. The zero-order valence-electron chi connectivity index (χ0n) is 8.93. The third-order valence-electron chi connectivity index (χ3n) is 2.17. The number of aromatic carboxylic acids is 1. The van der Waals surface area contributed by atoms with E-state index in [4.69, 9.17) is 5.11 Å². The summed E-state index contributed by atoms with van der Waals surface area (Å²) in [5.41, 5.74) is -0.607. The van der Waals surface area contributed by atoms with Gasteiger partial charge in [-0.1, -0.05) is 13.8 Å². The van der Waals surface area contributed by atoms with Crippen molar-refractivity contribution in [1.82, 2.24) is 4.57 Å². The number of rotatable bonds is 4. The number of aryl methyl sites for hydroxylation is 1. The molecule has 1 aromatic rings. The van der Waals surface area contributed by atoms with Crippen molar-refractivity contribution in [3.05, 3.63) is 34.2 Å². The van der Waals surface area contributed by atoms with Crippen LogP contribution in [-0.4, -0.2) is 15.6 Å². The molecule has 0 amide bonds. The normalized spacial score (nSPS) is 10.6. The Hall–Kier alpha value is -1.58. The molecule has 1 aromatic heterocycles. The summed E-state index contributed by atoms with van der Waals surface area (Å²) in [6.07, 6.45) is 3.98. The highest BCUT2D eigenvalue weighted by atomic mass is 16.4. The SMILES string of the molecule is CC(C)CCn1ccc(=O)c(C(=O)O)c1. The van der Waals surface area contributed by atoms with Crippen molar-refractivity contribution in [2.75, 3.05) is 0 Å². The maximum absolute atomic E-state index is 11.2. The Kier molecular flexibility index (Phi) is 3.66. The molecule has 1 heterocycles. The van der Waals surface area contributed by atoms with Gasteiger partial charge in [0.2, 0.25) is 0 Å². The van der Waals surface area contributed by atoms with Crippen molar-refractivity contribution >= 4 is 5.97 Å². The van der Waals surface area contributed by atoms with Crippen LogP contribution in [0.4, 0.5) is 0 Å². The minimum Gasteiger partial charge on any atom is -0.477 e. The first-order valence-electron chi connectivity index (χ1n) is 4.94. The van der Waals surface area contributed by atoms with E-state index in [1.54, 1.807) is 10.8 Å². The molecule has 0 aliphatic rings. The molecular weight excluding hydrogens is 194 g/mol. The number of carboxylic acids is 1. The maximum atomic E-state index is 11.2. The molecule has 1 N–H and O–H groups in total. The van der Waals surface area contributed by atoms with Crippen LogP contribution in [0.25, 0.3) is 0 Å². The average Bonchev–Trinajstić information content (AvgIpc) is 2.16. The second kappa shape index (κ2) is 4.77. The van der Waals surface area contributed by atoms with Gasteiger partial charge in [0.1, 0.15) is 5.56 Å². The summed E-state index contributed by atoms with van der Waals surface area (Å²) in [5.74, 6) is -0.614. The van der Waals surface area contributed by atoms with E-state index in [0.717, 1.165) is 13.0 Å². The monoisotopic (exact) mass is 209 g/mol. The minimum atomic E-state index is -1.17. The Morgan fingerprint density at radius 1 is 1.53 bits per heavy atom. The highest BCUT2D eigenvalue weighted by Crippen LogP contribution is 2.02. The van der Waals surface area contributed by atoms with Gasteiger partial charge in [0.25, 0.3) is 0 Å². The second-order valence-electron chi connectivity index (χ2n) is 3.95. The van der Waals surface area contributed by atoms with E-state index in [1.165, 1.54) is 12.3 Å². The van der Waals surface area contributed by atoms with Crippen molar-refractivity contribution in [2.24, 2.45) is 5.92 Å². The van der Waals surface area contributed by atoms with E-state index in [2.05, 4.69) is 13.8 Å². The molecule has 0 spiro atoms. The Bertz CT molecular complexity index is 407. The first-order chi connectivity index (χ1) is 7.00. The van der Waals surface area contributed by atoms with Crippen molar-refractivity contribution in [2.45, 2.75) is 26.8 Å². The first-order valence-corrected chi connectivity index (χ1v) is 4.94. The third-order valence-corrected chi connectivity index (χ3v) is 2.17. The summed E-state index contributed by atoms with van der Waals surface area (Å²) in [6, 6.07) is 1.30. The van der Waals surface area contributed by atoms with Crippen molar-refractivity contribution in [1.29, 1.82) is 0 Å². The molecule has 0 radical (unpaired) electrons. The quantitative estimate of drug-likeness (QED) is 0.819. The molecule has 0 aliphatic carbocycles. The lowest BCUT2D eigenvalue weighted by atomic mass is 10.1. The molecule has 0 aromatic carbocycles. The van der Waals surface area contributed by atoms with Crippen LogP contribution < -0.4 is 5.43 Å². The maximum Gasteiger partial charge on any atom is 0.341 e. The molecular formula is C11H15NO3. The molecule has 0 unspecified atom stereocenters. The molecule has 4 nitrogen and oxygen atoms in total. The summed E-state index contributed by atoms with van der Waals surface area (Å²) < 4.78 is 1.74. The largest absolute Gasteiger partial charge is 0.477 e. The molecule has 82 valence electrons. The highest BCUT2D eigenvalue weighted by Gasteiger charge is 2.08. The van der Waals surface area contributed by atoms with E-state index >= 15 is 0 Å². The van der Waals surface area contributed by atoms with Gasteiger partial charge in [-0.25, -0.2) is 4.79 Å². The Morgan fingerprint density at radius 3 is 2.73 bits per heavy atom. The molecule has 0 saturated heterocycles. The highest BCUT2D eigenvalue weighted by molar-refractivity contribution is 5.86. The van der Waals surface area contributed by atoms with Gasteiger partial charge >= 0.3 is 5.97 Å². The minimum absolute atomic E-state index is 0.166.